The molecule has 1 heterocycles. The third-order valence-corrected chi connectivity index (χ3v) is 3.78. The first kappa shape index (κ1) is 17.7. The zero-order valence-corrected chi connectivity index (χ0v) is 13.8. The molecule has 0 aliphatic heterocycles. The molecule has 0 spiro atoms. The lowest BCUT2D eigenvalue weighted by atomic mass is 10.0. The van der Waals surface area contributed by atoms with Crippen LogP contribution in [-0.4, -0.2) is 29.6 Å². The van der Waals surface area contributed by atoms with Crippen molar-refractivity contribution < 1.29 is 19.1 Å². The zero-order valence-electron chi connectivity index (χ0n) is 13.8. The highest BCUT2D eigenvalue weighted by Gasteiger charge is 2.21. The quantitative estimate of drug-likeness (QED) is 0.722. The van der Waals surface area contributed by atoms with E-state index in [1.54, 1.807) is 13.0 Å². The maximum atomic E-state index is 12.2. The van der Waals surface area contributed by atoms with E-state index in [-0.39, 0.29) is 18.3 Å². The molecule has 1 aromatic heterocycles. The van der Waals surface area contributed by atoms with Crippen LogP contribution in [0.3, 0.4) is 0 Å². The minimum Gasteiger partial charge on any atom is -0.459 e. The molecule has 3 N–H and O–H groups in total. The number of furan rings is 1. The van der Waals surface area contributed by atoms with Crippen LogP contribution in [-0.2, 0) is 11.2 Å². The molecule has 6 nitrogen and oxygen atoms in total. The molecule has 0 aliphatic carbocycles. The highest BCUT2D eigenvalue weighted by molar-refractivity contribution is 5.95. The topological polar surface area (TPSA) is 91.6 Å². The molecule has 6 heteroatoms. The van der Waals surface area contributed by atoms with Crippen LogP contribution in [0.25, 0.3) is 0 Å². The Kier molecular flexibility index (Phi) is 6.14. The van der Waals surface area contributed by atoms with Crippen molar-refractivity contribution in [2.24, 2.45) is 0 Å². The largest absolute Gasteiger partial charge is 0.459 e. The summed E-state index contributed by atoms with van der Waals surface area (Å²) >= 11 is 0. The van der Waals surface area contributed by atoms with Gasteiger partial charge in [-0.3, -0.25) is 9.59 Å². The molecule has 2 amide bonds. The molecule has 2 unspecified atom stereocenters. The van der Waals surface area contributed by atoms with E-state index in [0.717, 1.165) is 12.0 Å². The van der Waals surface area contributed by atoms with Gasteiger partial charge >= 0.3 is 0 Å². The Balaban J connectivity index is 1.96. The van der Waals surface area contributed by atoms with Crippen LogP contribution in [0.5, 0.6) is 0 Å². The van der Waals surface area contributed by atoms with E-state index >= 15 is 0 Å². The van der Waals surface area contributed by atoms with Crippen molar-refractivity contribution in [1.82, 2.24) is 10.6 Å². The van der Waals surface area contributed by atoms with Gasteiger partial charge in [0.1, 0.15) is 6.04 Å². The minimum atomic E-state index is -0.758. The lowest BCUT2D eigenvalue weighted by Gasteiger charge is -2.20. The Labute approximate surface area is 140 Å². The van der Waals surface area contributed by atoms with Crippen LogP contribution in [0.15, 0.2) is 47.1 Å². The third-order valence-electron chi connectivity index (χ3n) is 3.78. The Morgan fingerprint density at radius 2 is 1.88 bits per heavy atom. The van der Waals surface area contributed by atoms with Gasteiger partial charge in [0, 0.05) is 0 Å². The van der Waals surface area contributed by atoms with Gasteiger partial charge in [-0.15, -0.1) is 0 Å². The summed E-state index contributed by atoms with van der Waals surface area (Å²) in [5, 5.41) is 14.8. The number of hydrogen-bond donors (Lipinski definition) is 3. The van der Waals surface area contributed by atoms with Crippen molar-refractivity contribution in [2.75, 3.05) is 6.61 Å². The van der Waals surface area contributed by atoms with Crippen molar-refractivity contribution in [3.8, 4) is 0 Å². The van der Waals surface area contributed by atoms with Gasteiger partial charge in [0.05, 0.1) is 18.9 Å². The molecule has 24 heavy (non-hydrogen) atoms. The number of aryl methyl sites for hydroxylation is 1. The van der Waals surface area contributed by atoms with Crippen LogP contribution >= 0.6 is 0 Å². The fraction of sp³-hybridized carbons (Fsp3) is 0.333. The summed E-state index contributed by atoms with van der Waals surface area (Å²) in [6, 6.07) is 9.53. The molecule has 128 valence electrons. The average molecular weight is 330 g/mol. The third kappa shape index (κ3) is 4.45. The summed E-state index contributed by atoms with van der Waals surface area (Å²) in [5.41, 5.74) is 1.99. The maximum absolute atomic E-state index is 12.2. The normalized spacial score (nSPS) is 13.1. The first-order chi connectivity index (χ1) is 11.5. The van der Waals surface area contributed by atoms with E-state index in [1.807, 2.05) is 24.3 Å². The number of carbonyl (C=O) groups excluding carboxylic acids is 2. The monoisotopic (exact) mass is 330 g/mol. The summed E-state index contributed by atoms with van der Waals surface area (Å²) < 4.78 is 4.99. The highest BCUT2D eigenvalue weighted by Crippen LogP contribution is 2.14. The van der Waals surface area contributed by atoms with Crippen molar-refractivity contribution in [1.29, 1.82) is 0 Å². The van der Waals surface area contributed by atoms with E-state index in [4.69, 9.17) is 4.42 Å². The van der Waals surface area contributed by atoms with Crippen molar-refractivity contribution in [2.45, 2.75) is 32.4 Å². The summed E-state index contributed by atoms with van der Waals surface area (Å²) in [6.45, 7) is 3.41. The van der Waals surface area contributed by atoms with Gasteiger partial charge in [-0.05, 0) is 36.6 Å². The molecule has 2 atom stereocenters. The van der Waals surface area contributed by atoms with Gasteiger partial charge in [0.2, 0.25) is 5.91 Å². The SMILES string of the molecule is CCc1ccc(C(CO)NC(=O)C(C)NC(=O)c2ccco2)cc1. The summed E-state index contributed by atoms with van der Waals surface area (Å²) in [7, 11) is 0. The van der Waals surface area contributed by atoms with Crippen LogP contribution in [0.4, 0.5) is 0 Å². The maximum Gasteiger partial charge on any atom is 0.287 e. The van der Waals surface area contributed by atoms with Gasteiger partial charge in [0.15, 0.2) is 5.76 Å². The fourth-order valence-electron chi connectivity index (χ4n) is 2.26. The molecule has 2 rings (SSSR count). The smallest absolute Gasteiger partial charge is 0.287 e. The summed E-state index contributed by atoms with van der Waals surface area (Å²) in [6.07, 6.45) is 2.31. The Hall–Kier alpha value is -2.60. The van der Waals surface area contributed by atoms with E-state index in [9.17, 15) is 14.7 Å². The zero-order chi connectivity index (χ0) is 17.5. The lowest BCUT2D eigenvalue weighted by Crippen LogP contribution is -2.46. The average Bonchev–Trinajstić information content (AvgIpc) is 3.14. The first-order valence-electron chi connectivity index (χ1n) is 7.89. The van der Waals surface area contributed by atoms with Crippen LogP contribution < -0.4 is 10.6 Å². The number of benzene rings is 1. The standard InChI is InChI=1S/C18H22N2O4/c1-3-13-6-8-14(9-7-13)15(11-21)20-17(22)12(2)19-18(23)16-5-4-10-24-16/h4-10,12,15,21H,3,11H2,1-2H3,(H,19,23)(H,20,22). The highest BCUT2D eigenvalue weighted by atomic mass is 16.3. The molecule has 2 aromatic rings. The fourth-order valence-corrected chi connectivity index (χ4v) is 2.26. The molecule has 0 aliphatic rings. The van der Waals surface area contributed by atoms with E-state index in [1.165, 1.54) is 17.9 Å². The first-order valence-corrected chi connectivity index (χ1v) is 7.89. The second-order valence-corrected chi connectivity index (χ2v) is 5.51. The Morgan fingerprint density at radius 3 is 2.42 bits per heavy atom. The minimum absolute atomic E-state index is 0.142. The molecule has 0 fully saturated rings. The van der Waals surface area contributed by atoms with Crippen LogP contribution in [0, 0.1) is 0 Å². The van der Waals surface area contributed by atoms with Crippen molar-refractivity contribution in [3.05, 3.63) is 59.5 Å². The molecule has 0 saturated carbocycles. The van der Waals surface area contributed by atoms with E-state index in [2.05, 4.69) is 17.6 Å². The van der Waals surface area contributed by atoms with Gasteiger partial charge in [-0.1, -0.05) is 31.2 Å². The Bertz CT molecular complexity index is 665. The number of aliphatic hydroxyl groups excluding tert-OH is 1. The molecule has 0 radical (unpaired) electrons. The molecular weight excluding hydrogens is 308 g/mol. The van der Waals surface area contributed by atoms with Crippen LogP contribution in [0.2, 0.25) is 0 Å². The number of carbonyl (C=O) groups is 2. The number of rotatable bonds is 7. The van der Waals surface area contributed by atoms with Gasteiger partial charge < -0.3 is 20.2 Å². The molecule has 0 bridgehead atoms. The van der Waals surface area contributed by atoms with E-state index in [0.29, 0.717) is 0 Å². The second-order valence-electron chi connectivity index (χ2n) is 5.51. The van der Waals surface area contributed by atoms with Crippen molar-refractivity contribution >= 4 is 11.8 Å². The molecule has 1 aromatic carbocycles. The molecule has 0 saturated heterocycles. The van der Waals surface area contributed by atoms with Crippen LogP contribution in [0.1, 0.15) is 41.6 Å². The predicted molar refractivity (Wildman–Crippen MR) is 89.4 cm³/mol. The number of aliphatic hydroxyl groups is 1. The number of amides is 2. The Morgan fingerprint density at radius 1 is 1.17 bits per heavy atom. The lowest BCUT2D eigenvalue weighted by molar-refractivity contribution is -0.123. The summed E-state index contributed by atoms with van der Waals surface area (Å²) in [5.74, 6) is -0.701. The number of hydrogen-bond acceptors (Lipinski definition) is 4. The van der Waals surface area contributed by atoms with Crippen molar-refractivity contribution in [3.63, 3.8) is 0 Å². The van der Waals surface area contributed by atoms with E-state index < -0.39 is 18.0 Å². The van der Waals surface area contributed by atoms with Gasteiger partial charge in [0.25, 0.3) is 5.91 Å². The summed E-state index contributed by atoms with van der Waals surface area (Å²) in [4.78, 5) is 24.1. The predicted octanol–water partition coefficient (Wildman–Crippen LogP) is 1.81. The van der Waals surface area contributed by atoms with Gasteiger partial charge in [-0.25, -0.2) is 0 Å². The molecular formula is C18H22N2O4. The second kappa shape index (κ2) is 8.31. The van der Waals surface area contributed by atoms with Gasteiger partial charge in [-0.2, -0.15) is 0 Å². The number of nitrogens with one attached hydrogen (secondary N) is 2.